The molecule has 0 atom stereocenters. The molecule has 0 aromatic heterocycles. The number of fused-ring (bicyclic) bond motifs is 2. The first-order valence-electron chi connectivity index (χ1n) is 22.4. The zero-order chi connectivity index (χ0) is 44.3. The van der Waals surface area contributed by atoms with Gasteiger partial charge in [0.1, 0.15) is 0 Å². The molecule has 0 saturated heterocycles. The van der Waals surface area contributed by atoms with Gasteiger partial charge < -0.3 is 9.80 Å². The second-order valence-electron chi connectivity index (χ2n) is 18.7. The van der Waals surface area contributed by atoms with E-state index in [2.05, 4.69) is 280 Å². The van der Waals surface area contributed by atoms with Crippen LogP contribution in [0.1, 0.15) is 22.3 Å². The van der Waals surface area contributed by atoms with E-state index in [1.165, 1.54) is 54.4 Å². The maximum atomic E-state index is 2.48. The van der Waals surface area contributed by atoms with Crippen LogP contribution < -0.4 is 20.2 Å². The van der Waals surface area contributed by atoms with Gasteiger partial charge in [-0.1, -0.05) is 232 Å². The van der Waals surface area contributed by atoms with Gasteiger partial charge in [-0.25, -0.2) is 0 Å². The van der Waals surface area contributed by atoms with Crippen LogP contribution in [-0.4, -0.2) is 16.1 Å². The van der Waals surface area contributed by atoms with Gasteiger partial charge in [0.05, 0.1) is 27.5 Å². The summed E-state index contributed by atoms with van der Waals surface area (Å²) in [6, 6.07) is 75.8. The van der Waals surface area contributed by atoms with Crippen molar-refractivity contribution in [3.8, 4) is 0 Å². The molecule has 0 aliphatic rings. The van der Waals surface area contributed by atoms with E-state index < -0.39 is 16.1 Å². The second kappa shape index (κ2) is 18.0. The minimum absolute atomic E-state index is 1.11. The predicted molar refractivity (Wildman–Crippen MR) is 288 cm³/mol. The summed E-state index contributed by atoms with van der Waals surface area (Å²) < 4.78 is 0. The van der Waals surface area contributed by atoms with Gasteiger partial charge in [-0.2, -0.15) is 0 Å². The summed E-state index contributed by atoms with van der Waals surface area (Å²) in [6.07, 6.45) is 8.76. The highest BCUT2D eigenvalue weighted by Crippen LogP contribution is 2.51. The highest BCUT2D eigenvalue weighted by molar-refractivity contribution is 6.89. The van der Waals surface area contributed by atoms with E-state index in [0.717, 1.165) is 33.9 Å². The molecule has 0 unspecified atom stereocenters. The van der Waals surface area contributed by atoms with Crippen molar-refractivity contribution < 1.29 is 0 Å². The maximum Gasteiger partial charge on any atom is 0.0775 e. The molecular formula is C60H56N2Si2. The fourth-order valence-electron chi connectivity index (χ4n) is 8.58. The van der Waals surface area contributed by atoms with Crippen LogP contribution in [0.2, 0.25) is 39.3 Å². The van der Waals surface area contributed by atoms with Gasteiger partial charge in [0.25, 0.3) is 0 Å². The number of hydrogen-bond acceptors (Lipinski definition) is 2. The van der Waals surface area contributed by atoms with Crippen molar-refractivity contribution in [2.24, 2.45) is 0 Å². The molecule has 2 nitrogen and oxygen atoms in total. The molecule has 0 aliphatic heterocycles. The van der Waals surface area contributed by atoms with Crippen LogP contribution in [0.3, 0.4) is 0 Å². The Balaban J connectivity index is 1.25. The number of nitrogens with zero attached hydrogens (tertiary/aromatic N) is 2. The van der Waals surface area contributed by atoms with Crippen molar-refractivity contribution >= 4 is 106 Å². The largest absolute Gasteiger partial charge is 0.309 e. The van der Waals surface area contributed by atoms with E-state index in [1.54, 1.807) is 0 Å². The summed E-state index contributed by atoms with van der Waals surface area (Å²) >= 11 is 0. The molecule has 0 radical (unpaired) electrons. The Morgan fingerprint density at radius 2 is 0.500 bits per heavy atom. The molecule has 64 heavy (non-hydrogen) atoms. The summed E-state index contributed by atoms with van der Waals surface area (Å²) in [7, 11) is -3.08. The van der Waals surface area contributed by atoms with Gasteiger partial charge >= 0.3 is 0 Å². The summed E-state index contributed by atoms with van der Waals surface area (Å²) in [4.78, 5) is 4.96. The van der Waals surface area contributed by atoms with E-state index in [0.29, 0.717) is 0 Å². The fraction of sp³-hybridized carbons (Fsp3) is 0.100. The minimum Gasteiger partial charge on any atom is -0.309 e. The third-order valence-corrected chi connectivity index (χ3v) is 16.3. The highest BCUT2D eigenvalue weighted by atomic mass is 28.3. The van der Waals surface area contributed by atoms with Crippen LogP contribution in [0, 0.1) is 0 Å². The molecular weight excluding hydrogens is 805 g/mol. The Bertz CT molecular complexity index is 2800. The molecule has 9 aromatic carbocycles. The zero-order valence-corrected chi connectivity index (χ0v) is 39.8. The van der Waals surface area contributed by atoms with E-state index >= 15 is 0 Å². The smallest absolute Gasteiger partial charge is 0.0775 e. The summed E-state index contributed by atoms with van der Waals surface area (Å²) in [6.45, 7) is 14.5. The minimum atomic E-state index is -1.54. The topological polar surface area (TPSA) is 6.48 Å². The third kappa shape index (κ3) is 9.07. The van der Waals surface area contributed by atoms with Crippen molar-refractivity contribution in [1.29, 1.82) is 0 Å². The summed E-state index contributed by atoms with van der Waals surface area (Å²) in [5, 5.41) is 7.63. The predicted octanol–water partition coefficient (Wildman–Crippen LogP) is 16.4. The van der Waals surface area contributed by atoms with E-state index in [-0.39, 0.29) is 0 Å². The highest BCUT2D eigenvalue weighted by Gasteiger charge is 2.26. The van der Waals surface area contributed by atoms with Crippen LogP contribution in [-0.2, 0) is 0 Å². The average molecular weight is 861 g/mol. The Kier molecular flexibility index (Phi) is 11.9. The lowest BCUT2D eigenvalue weighted by Gasteiger charge is -2.33. The van der Waals surface area contributed by atoms with Gasteiger partial charge in [-0.05, 0) is 70.8 Å². The van der Waals surface area contributed by atoms with Crippen molar-refractivity contribution in [3.05, 3.63) is 229 Å². The number of hydrogen-bond donors (Lipinski definition) is 0. The van der Waals surface area contributed by atoms with Crippen molar-refractivity contribution in [3.63, 3.8) is 0 Å². The first-order valence-corrected chi connectivity index (χ1v) is 29.4. The van der Waals surface area contributed by atoms with Crippen LogP contribution in [0.5, 0.6) is 0 Å². The Hall–Kier alpha value is -6.99. The van der Waals surface area contributed by atoms with Crippen molar-refractivity contribution in [2.45, 2.75) is 39.3 Å². The quantitative estimate of drug-likeness (QED) is 0.0523. The Morgan fingerprint density at radius 3 is 0.766 bits per heavy atom. The normalized spacial score (nSPS) is 12.1. The van der Waals surface area contributed by atoms with E-state index in [1.807, 2.05) is 0 Å². The van der Waals surface area contributed by atoms with Crippen LogP contribution in [0.15, 0.2) is 206 Å². The molecule has 0 saturated carbocycles. The van der Waals surface area contributed by atoms with Crippen LogP contribution in [0.4, 0.5) is 34.1 Å². The SMILES string of the molecule is C[Si](C)(C)c1ccc(N(c2ccc(C=Cc3ccccc3)cc2)c2c3ccccc3c(N(c3ccc(C=Cc4ccccc4)cc3)c3ccc([Si](C)(C)C)cc3)c3ccccc23)cc1. The van der Waals surface area contributed by atoms with Gasteiger partial charge in [0.2, 0.25) is 0 Å². The fourth-order valence-corrected chi connectivity index (χ4v) is 10.9. The number of benzene rings is 9. The van der Waals surface area contributed by atoms with Gasteiger partial charge in [0, 0.05) is 44.3 Å². The average Bonchev–Trinajstić information content (AvgIpc) is 3.32. The molecule has 0 spiro atoms. The molecule has 0 N–H and O–H groups in total. The van der Waals surface area contributed by atoms with Crippen LogP contribution in [0.25, 0.3) is 45.8 Å². The summed E-state index contributed by atoms with van der Waals surface area (Å²) in [5.74, 6) is 0. The molecule has 9 aromatic rings. The molecule has 314 valence electrons. The maximum absolute atomic E-state index is 2.48. The molecule has 0 fully saturated rings. The molecule has 9 rings (SSSR count). The molecule has 0 bridgehead atoms. The lowest BCUT2D eigenvalue weighted by molar-refractivity contribution is 1.29. The lowest BCUT2D eigenvalue weighted by Crippen LogP contribution is -2.37. The summed E-state index contributed by atoms with van der Waals surface area (Å²) in [5.41, 5.74) is 11.5. The van der Waals surface area contributed by atoms with E-state index in [9.17, 15) is 0 Å². The lowest BCUT2D eigenvalue weighted by atomic mass is 9.95. The molecule has 0 aliphatic carbocycles. The van der Waals surface area contributed by atoms with Crippen molar-refractivity contribution in [2.75, 3.05) is 9.80 Å². The first kappa shape index (κ1) is 42.3. The third-order valence-electron chi connectivity index (χ3n) is 12.1. The molecule has 4 heteroatoms. The van der Waals surface area contributed by atoms with E-state index in [4.69, 9.17) is 0 Å². The Labute approximate surface area is 382 Å². The van der Waals surface area contributed by atoms with Gasteiger partial charge in [-0.15, -0.1) is 0 Å². The zero-order valence-electron chi connectivity index (χ0n) is 37.8. The van der Waals surface area contributed by atoms with Crippen LogP contribution >= 0.6 is 0 Å². The molecule has 0 amide bonds. The number of anilines is 6. The second-order valence-corrected chi connectivity index (χ2v) is 28.9. The van der Waals surface area contributed by atoms with Crippen molar-refractivity contribution in [1.82, 2.24) is 0 Å². The molecule has 0 heterocycles. The van der Waals surface area contributed by atoms with Gasteiger partial charge in [-0.3, -0.25) is 0 Å². The Morgan fingerprint density at radius 1 is 0.266 bits per heavy atom. The number of rotatable bonds is 12. The standard InChI is InChI=1S/C60H56N2Si2/c1-63(2,3)53-41-37-51(38-42-53)61(49-33-29-47(30-34-49)27-25-45-17-9-7-10-18-45)59-55-21-13-15-23-57(55)60(58-24-16-14-22-56(58)59)62(52-39-43-54(44-40-52)64(4,5)6)50-35-31-48(32-36-50)28-26-46-19-11-8-12-20-46/h7-44H,1-6H3. The van der Waals surface area contributed by atoms with Gasteiger partial charge in [0.15, 0.2) is 0 Å². The monoisotopic (exact) mass is 860 g/mol. The first-order chi connectivity index (χ1) is 31.0.